The summed E-state index contributed by atoms with van der Waals surface area (Å²) in [6.45, 7) is 3.93. The van der Waals surface area contributed by atoms with E-state index in [4.69, 9.17) is 30.5 Å². The predicted molar refractivity (Wildman–Crippen MR) is 93.1 cm³/mol. The third-order valence-electron chi connectivity index (χ3n) is 3.61. The van der Waals surface area contributed by atoms with Crippen molar-refractivity contribution in [2.75, 3.05) is 19.2 Å². The molecule has 0 saturated heterocycles. The smallest absolute Gasteiger partial charge is 0.246 e. The molecule has 0 unspecified atom stereocenters. The summed E-state index contributed by atoms with van der Waals surface area (Å²) in [5.74, 6) is 1.44. The van der Waals surface area contributed by atoms with Gasteiger partial charge in [0.1, 0.15) is 5.75 Å². The summed E-state index contributed by atoms with van der Waals surface area (Å²) in [6, 6.07) is 7.71. The maximum atomic E-state index is 6.28. The highest BCUT2D eigenvalue weighted by atomic mass is 35.5. The Bertz CT molecular complexity index is 825. The molecule has 0 aliphatic carbocycles. The Balaban J connectivity index is 1.68. The first-order valence-corrected chi connectivity index (χ1v) is 8.61. The predicted octanol–water partition coefficient (Wildman–Crippen LogP) is 5.04. The summed E-state index contributed by atoms with van der Waals surface area (Å²) in [5.41, 5.74) is 1.90. The topological polar surface area (TPSA) is 49.0 Å². The van der Waals surface area contributed by atoms with E-state index in [9.17, 15) is 0 Å². The molecule has 126 valence electrons. The second-order valence-corrected chi connectivity index (χ2v) is 7.45. The Morgan fingerprint density at radius 1 is 1.08 bits per heavy atom. The number of hydrogen-bond acceptors (Lipinski definition) is 6. The number of fused-ring (bicyclic) bond motifs is 3. The van der Waals surface area contributed by atoms with Gasteiger partial charge in [0.15, 0.2) is 18.3 Å². The number of halogens is 1. The van der Waals surface area contributed by atoms with E-state index in [1.165, 1.54) is 0 Å². The first-order chi connectivity index (χ1) is 11.4. The van der Waals surface area contributed by atoms with Crippen LogP contribution in [-0.4, -0.2) is 19.7 Å². The highest BCUT2D eigenvalue weighted by Crippen LogP contribution is 2.52. The fourth-order valence-electron chi connectivity index (χ4n) is 2.65. The molecule has 4 rings (SSSR count). The minimum absolute atomic E-state index is 0.154. The number of hydrogen-bond donors (Lipinski definition) is 1. The average molecular weight is 366 g/mol. The Hall–Kier alpha value is -1.76. The van der Waals surface area contributed by atoms with E-state index in [0.717, 1.165) is 32.7 Å². The number of ether oxygens (including phenoxy) is 4. The molecular weight excluding hydrogens is 350 g/mol. The van der Waals surface area contributed by atoms with E-state index < -0.39 is 5.79 Å². The molecule has 2 aliphatic heterocycles. The van der Waals surface area contributed by atoms with Crippen molar-refractivity contribution in [3.05, 3.63) is 29.3 Å². The van der Waals surface area contributed by atoms with Crippen LogP contribution in [0.2, 0.25) is 5.02 Å². The van der Waals surface area contributed by atoms with Crippen LogP contribution < -0.4 is 19.5 Å². The monoisotopic (exact) mass is 365 g/mol. The molecule has 1 N–H and O–H groups in total. The standard InChI is InChI=1S/C17H16ClNO4S/c1-17(2)22-13-5-11-16(7-14(13)23-17)24-15-6-12(21-8-20-3)9(18)4-10(15)19-11/h4-7,19H,8H2,1-3H3. The summed E-state index contributed by atoms with van der Waals surface area (Å²) in [5, 5.41) is 3.93. The van der Waals surface area contributed by atoms with Crippen molar-refractivity contribution < 1.29 is 18.9 Å². The van der Waals surface area contributed by atoms with Gasteiger partial charge in [0.05, 0.1) is 16.4 Å². The Kier molecular flexibility index (Phi) is 3.71. The van der Waals surface area contributed by atoms with Crippen LogP contribution in [0, 0.1) is 0 Å². The van der Waals surface area contributed by atoms with Crippen molar-refractivity contribution in [3.8, 4) is 17.2 Å². The third-order valence-corrected chi connectivity index (χ3v) is 5.02. The second-order valence-electron chi connectivity index (χ2n) is 5.96. The lowest BCUT2D eigenvalue weighted by atomic mass is 10.2. The zero-order valence-electron chi connectivity index (χ0n) is 13.4. The molecule has 0 aromatic heterocycles. The summed E-state index contributed by atoms with van der Waals surface area (Å²) in [7, 11) is 1.57. The highest BCUT2D eigenvalue weighted by molar-refractivity contribution is 7.99. The van der Waals surface area contributed by atoms with E-state index in [1.807, 2.05) is 38.1 Å². The van der Waals surface area contributed by atoms with Crippen LogP contribution in [0.15, 0.2) is 34.1 Å². The molecule has 2 aliphatic rings. The van der Waals surface area contributed by atoms with Crippen molar-refractivity contribution in [2.24, 2.45) is 0 Å². The average Bonchev–Trinajstić information content (AvgIpc) is 2.81. The van der Waals surface area contributed by atoms with Gasteiger partial charge in [-0.3, -0.25) is 0 Å². The quantitative estimate of drug-likeness (QED) is 0.656. The molecule has 0 amide bonds. The van der Waals surface area contributed by atoms with Crippen LogP contribution in [0.3, 0.4) is 0 Å². The lowest BCUT2D eigenvalue weighted by Crippen LogP contribution is -2.29. The van der Waals surface area contributed by atoms with Gasteiger partial charge in [0.25, 0.3) is 0 Å². The molecule has 0 bridgehead atoms. The molecule has 24 heavy (non-hydrogen) atoms. The number of anilines is 2. The summed E-state index contributed by atoms with van der Waals surface area (Å²) < 4.78 is 22.1. The Morgan fingerprint density at radius 2 is 1.75 bits per heavy atom. The van der Waals surface area contributed by atoms with E-state index in [2.05, 4.69) is 5.32 Å². The zero-order valence-corrected chi connectivity index (χ0v) is 15.0. The normalized spacial score (nSPS) is 16.2. The van der Waals surface area contributed by atoms with Crippen LogP contribution in [0.1, 0.15) is 13.8 Å². The Labute approximate surface area is 149 Å². The maximum absolute atomic E-state index is 6.28. The van der Waals surface area contributed by atoms with E-state index >= 15 is 0 Å². The molecule has 0 spiro atoms. The second kappa shape index (κ2) is 5.65. The van der Waals surface area contributed by atoms with Crippen molar-refractivity contribution in [1.82, 2.24) is 0 Å². The van der Waals surface area contributed by atoms with Gasteiger partial charge in [-0.1, -0.05) is 23.4 Å². The largest absolute Gasteiger partial charge is 0.466 e. The lowest BCUT2D eigenvalue weighted by molar-refractivity contribution is -0.0431. The molecule has 0 atom stereocenters. The van der Waals surface area contributed by atoms with Crippen molar-refractivity contribution in [2.45, 2.75) is 29.4 Å². The van der Waals surface area contributed by atoms with Crippen molar-refractivity contribution >= 4 is 34.7 Å². The molecule has 2 aromatic rings. The molecule has 5 nitrogen and oxygen atoms in total. The fraction of sp³-hybridized carbons (Fsp3) is 0.294. The van der Waals surface area contributed by atoms with Crippen LogP contribution in [-0.2, 0) is 4.74 Å². The van der Waals surface area contributed by atoms with Gasteiger partial charge in [-0.05, 0) is 12.1 Å². The van der Waals surface area contributed by atoms with Crippen LogP contribution in [0.5, 0.6) is 17.2 Å². The number of nitrogens with one attached hydrogen (secondary N) is 1. The SMILES string of the molecule is COCOc1cc2c(cc1Cl)Nc1cc3c(cc1S2)OC(C)(C)O3. The molecule has 0 radical (unpaired) electrons. The molecule has 2 aromatic carbocycles. The van der Waals surface area contributed by atoms with E-state index in [1.54, 1.807) is 18.9 Å². The highest BCUT2D eigenvalue weighted by Gasteiger charge is 2.33. The van der Waals surface area contributed by atoms with Crippen molar-refractivity contribution in [3.63, 3.8) is 0 Å². The summed E-state index contributed by atoms with van der Waals surface area (Å²) in [6.07, 6.45) is 0. The van der Waals surface area contributed by atoms with E-state index in [0.29, 0.717) is 10.8 Å². The maximum Gasteiger partial charge on any atom is 0.246 e. The zero-order chi connectivity index (χ0) is 16.9. The van der Waals surface area contributed by atoms with Gasteiger partial charge in [0, 0.05) is 42.9 Å². The molecule has 0 fully saturated rings. The lowest BCUT2D eigenvalue weighted by Gasteiger charge is -2.22. The van der Waals surface area contributed by atoms with E-state index in [-0.39, 0.29) is 6.79 Å². The summed E-state index contributed by atoms with van der Waals surface area (Å²) >= 11 is 7.91. The number of rotatable bonds is 3. The van der Waals surface area contributed by atoms with Crippen LogP contribution in [0.4, 0.5) is 11.4 Å². The van der Waals surface area contributed by atoms with Gasteiger partial charge in [-0.15, -0.1) is 0 Å². The molecule has 0 saturated carbocycles. The molecular formula is C17H16ClNO4S. The molecule has 2 heterocycles. The van der Waals surface area contributed by atoms with Gasteiger partial charge in [-0.25, -0.2) is 0 Å². The first-order valence-electron chi connectivity index (χ1n) is 7.41. The van der Waals surface area contributed by atoms with Crippen molar-refractivity contribution in [1.29, 1.82) is 0 Å². The fourth-order valence-corrected chi connectivity index (χ4v) is 3.87. The Morgan fingerprint density at radius 3 is 2.50 bits per heavy atom. The molecule has 7 heteroatoms. The van der Waals surface area contributed by atoms with Gasteiger partial charge in [0.2, 0.25) is 5.79 Å². The minimum Gasteiger partial charge on any atom is -0.466 e. The number of methoxy groups -OCH3 is 1. The first kappa shape index (κ1) is 15.7. The third kappa shape index (κ3) is 2.75. The van der Waals surface area contributed by atoms with Gasteiger partial charge >= 0.3 is 0 Å². The minimum atomic E-state index is -0.645. The summed E-state index contributed by atoms with van der Waals surface area (Å²) in [4.78, 5) is 2.08. The number of benzene rings is 2. The van der Waals surface area contributed by atoms with Gasteiger partial charge in [-0.2, -0.15) is 0 Å². The van der Waals surface area contributed by atoms with Crippen LogP contribution in [0.25, 0.3) is 0 Å². The van der Waals surface area contributed by atoms with Gasteiger partial charge < -0.3 is 24.3 Å². The van der Waals surface area contributed by atoms with Crippen LogP contribution >= 0.6 is 23.4 Å².